The highest BCUT2D eigenvalue weighted by molar-refractivity contribution is 6.32. The average Bonchev–Trinajstić information content (AvgIpc) is 2.77. The number of nitrogens with one attached hydrogen (secondary N) is 1. The lowest BCUT2D eigenvalue weighted by molar-refractivity contribution is 0.895. The molecule has 6 heteroatoms. The number of hydrogen-bond acceptors (Lipinski definition) is 4. The van der Waals surface area contributed by atoms with Crippen molar-refractivity contribution in [1.82, 2.24) is 19.6 Å². The summed E-state index contributed by atoms with van der Waals surface area (Å²) in [6.07, 6.45) is 5.49. The van der Waals surface area contributed by atoms with Gasteiger partial charge in [0, 0.05) is 36.8 Å². The average molecular weight is 288 g/mol. The van der Waals surface area contributed by atoms with E-state index in [0.717, 1.165) is 28.2 Å². The molecule has 3 heterocycles. The van der Waals surface area contributed by atoms with Crippen molar-refractivity contribution in [3.05, 3.63) is 52.7 Å². The van der Waals surface area contributed by atoms with Crippen LogP contribution in [0.1, 0.15) is 16.8 Å². The third-order valence-electron chi connectivity index (χ3n) is 3.07. The molecule has 0 aliphatic carbocycles. The molecule has 0 fully saturated rings. The first kappa shape index (κ1) is 12.9. The molecule has 3 aromatic heterocycles. The van der Waals surface area contributed by atoms with Crippen LogP contribution in [0, 0.1) is 13.8 Å². The molecule has 0 bridgehead atoms. The van der Waals surface area contributed by atoms with Crippen LogP contribution in [0.3, 0.4) is 0 Å². The highest BCUT2D eigenvalue weighted by atomic mass is 35.5. The van der Waals surface area contributed by atoms with E-state index in [-0.39, 0.29) is 0 Å². The SMILES string of the molecule is Cc1cc2ncc(CNc3c(C)ccnc3Cl)cn2n1. The fraction of sp³-hybridized carbons (Fsp3) is 0.214. The number of aromatic nitrogens is 4. The predicted octanol–water partition coefficient (Wildman–Crippen LogP) is 3.01. The van der Waals surface area contributed by atoms with Crippen LogP contribution < -0.4 is 5.32 Å². The lowest BCUT2D eigenvalue weighted by Crippen LogP contribution is -2.04. The molecule has 1 N–H and O–H groups in total. The third-order valence-corrected chi connectivity index (χ3v) is 3.36. The number of hydrogen-bond donors (Lipinski definition) is 1. The smallest absolute Gasteiger partial charge is 0.155 e. The fourth-order valence-electron chi connectivity index (χ4n) is 2.05. The summed E-state index contributed by atoms with van der Waals surface area (Å²) >= 11 is 6.09. The van der Waals surface area contributed by atoms with Gasteiger partial charge in [-0.15, -0.1) is 0 Å². The molecule has 0 amide bonds. The monoisotopic (exact) mass is 287 g/mol. The number of anilines is 1. The minimum atomic E-state index is 0.481. The van der Waals surface area contributed by atoms with Crippen LogP contribution in [0.25, 0.3) is 5.65 Å². The molecule has 0 saturated heterocycles. The summed E-state index contributed by atoms with van der Waals surface area (Å²) in [6.45, 7) is 4.56. The first-order valence-electron chi connectivity index (χ1n) is 6.29. The first-order chi connectivity index (χ1) is 9.63. The lowest BCUT2D eigenvalue weighted by atomic mass is 10.2. The molecule has 0 unspecified atom stereocenters. The Kier molecular flexibility index (Phi) is 3.28. The number of pyridine rings is 1. The lowest BCUT2D eigenvalue weighted by Gasteiger charge is -2.10. The molecule has 0 saturated carbocycles. The van der Waals surface area contributed by atoms with Gasteiger partial charge in [0.1, 0.15) is 0 Å². The van der Waals surface area contributed by atoms with E-state index >= 15 is 0 Å². The van der Waals surface area contributed by atoms with E-state index in [4.69, 9.17) is 11.6 Å². The zero-order valence-corrected chi connectivity index (χ0v) is 12.0. The van der Waals surface area contributed by atoms with Gasteiger partial charge in [-0.2, -0.15) is 5.10 Å². The molecule has 3 aromatic rings. The Labute approximate surface area is 121 Å². The zero-order valence-electron chi connectivity index (χ0n) is 11.3. The summed E-state index contributed by atoms with van der Waals surface area (Å²) in [7, 11) is 0. The fourth-order valence-corrected chi connectivity index (χ4v) is 2.33. The van der Waals surface area contributed by atoms with Gasteiger partial charge in [0.05, 0.1) is 11.4 Å². The van der Waals surface area contributed by atoms with E-state index in [1.807, 2.05) is 38.4 Å². The molecular formula is C14H14ClN5. The summed E-state index contributed by atoms with van der Waals surface area (Å²) in [6, 6.07) is 3.87. The van der Waals surface area contributed by atoms with Crippen molar-refractivity contribution in [2.45, 2.75) is 20.4 Å². The van der Waals surface area contributed by atoms with Crippen LogP contribution in [0.15, 0.2) is 30.7 Å². The summed E-state index contributed by atoms with van der Waals surface area (Å²) in [4.78, 5) is 8.45. The van der Waals surface area contributed by atoms with Crippen molar-refractivity contribution in [3.63, 3.8) is 0 Å². The Morgan fingerprint density at radius 3 is 2.95 bits per heavy atom. The van der Waals surface area contributed by atoms with E-state index in [1.54, 1.807) is 10.7 Å². The molecule has 0 aliphatic heterocycles. The summed E-state index contributed by atoms with van der Waals surface area (Å²) in [5.41, 5.74) is 4.75. The van der Waals surface area contributed by atoms with Gasteiger partial charge in [0.2, 0.25) is 0 Å². The maximum Gasteiger partial charge on any atom is 0.155 e. The maximum atomic E-state index is 6.09. The first-order valence-corrected chi connectivity index (χ1v) is 6.67. The molecule has 0 atom stereocenters. The summed E-state index contributed by atoms with van der Waals surface area (Å²) in [5, 5.41) is 8.13. The van der Waals surface area contributed by atoms with Crippen LogP contribution in [-0.4, -0.2) is 19.6 Å². The second-order valence-corrected chi connectivity index (χ2v) is 5.06. The molecule has 5 nitrogen and oxygen atoms in total. The van der Waals surface area contributed by atoms with E-state index in [0.29, 0.717) is 11.7 Å². The van der Waals surface area contributed by atoms with Crippen molar-refractivity contribution in [3.8, 4) is 0 Å². The Balaban J connectivity index is 1.83. The standard InChI is InChI=1S/C14H14ClN5/c1-9-3-4-16-14(15)13(9)18-7-11-6-17-12-5-10(2)19-20(12)8-11/h3-6,8,18H,7H2,1-2H3. The Hall–Kier alpha value is -2.14. The minimum absolute atomic E-state index is 0.481. The largest absolute Gasteiger partial charge is 0.378 e. The van der Waals surface area contributed by atoms with E-state index in [9.17, 15) is 0 Å². The van der Waals surface area contributed by atoms with Crippen LogP contribution in [-0.2, 0) is 6.54 Å². The molecule has 0 radical (unpaired) electrons. The minimum Gasteiger partial charge on any atom is -0.378 e. The molecule has 0 spiro atoms. The van der Waals surface area contributed by atoms with Gasteiger partial charge in [0.25, 0.3) is 0 Å². The van der Waals surface area contributed by atoms with E-state index < -0.39 is 0 Å². The quantitative estimate of drug-likeness (QED) is 0.753. The van der Waals surface area contributed by atoms with Crippen LogP contribution >= 0.6 is 11.6 Å². The van der Waals surface area contributed by atoms with Crippen LogP contribution in [0.5, 0.6) is 0 Å². The second kappa shape index (κ2) is 5.09. The summed E-state index contributed by atoms with van der Waals surface area (Å²) in [5.74, 6) is 0. The topological polar surface area (TPSA) is 55.1 Å². The highest BCUT2D eigenvalue weighted by Gasteiger charge is 2.05. The number of aryl methyl sites for hydroxylation is 2. The zero-order chi connectivity index (χ0) is 14.1. The van der Waals surface area contributed by atoms with Crippen LogP contribution in [0.2, 0.25) is 5.15 Å². The van der Waals surface area contributed by atoms with Crippen molar-refractivity contribution in [2.75, 3.05) is 5.32 Å². The highest BCUT2D eigenvalue weighted by Crippen LogP contribution is 2.23. The van der Waals surface area contributed by atoms with Gasteiger partial charge in [-0.3, -0.25) is 0 Å². The Bertz CT molecular complexity index is 745. The van der Waals surface area contributed by atoms with Gasteiger partial charge >= 0.3 is 0 Å². The van der Waals surface area contributed by atoms with Gasteiger partial charge in [0.15, 0.2) is 10.8 Å². The van der Waals surface area contributed by atoms with Gasteiger partial charge in [-0.1, -0.05) is 11.6 Å². The van der Waals surface area contributed by atoms with Crippen molar-refractivity contribution < 1.29 is 0 Å². The third kappa shape index (κ3) is 2.44. The van der Waals surface area contributed by atoms with Crippen molar-refractivity contribution >= 4 is 22.9 Å². The molecular weight excluding hydrogens is 274 g/mol. The van der Waals surface area contributed by atoms with Gasteiger partial charge in [-0.25, -0.2) is 14.5 Å². The Morgan fingerprint density at radius 1 is 1.30 bits per heavy atom. The predicted molar refractivity (Wildman–Crippen MR) is 79.0 cm³/mol. The van der Waals surface area contributed by atoms with E-state index in [2.05, 4.69) is 20.4 Å². The molecule has 0 aliphatic rings. The van der Waals surface area contributed by atoms with Gasteiger partial charge in [-0.05, 0) is 25.5 Å². The van der Waals surface area contributed by atoms with Gasteiger partial charge < -0.3 is 5.32 Å². The number of halogens is 1. The van der Waals surface area contributed by atoms with Crippen molar-refractivity contribution in [1.29, 1.82) is 0 Å². The summed E-state index contributed by atoms with van der Waals surface area (Å²) < 4.78 is 1.78. The Morgan fingerprint density at radius 2 is 2.15 bits per heavy atom. The van der Waals surface area contributed by atoms with Crippen molar-refractivity contribution in [2.24, 2.45) is 0 Å². The molecule has 0 aromatic carbocycles. The number of rotatable bonds is 3. The molecule has 3 rings (SSSR count). The van der Waals surface area contributed by atoms with E-state index in [1.165, 1.54) is 0 Å². The number of fused-ring (bicyclic) bond motifs is 1. The molecule has 20 heavy (non-hydrogen) atoms. The second-order valence-electron chi connectivity index (χ2n) is 4.70. The number of nitrogens with zero attached hydrogens (tertiary/aromatic N) is 4. The molecule has 102 valence electrons. The normalized spacial score (nSPS) is 10.9. The maximum absolute atomic E-state index is 6.09. The van der Waals surface area contributed by atoms with Crippen LogP contribution in [0.4, 0.5) is 5.69 Å².